The average molecular weight is 478 g/mol. The standard InChI is InChI=1S/C28H35N3O2S/c1-34-25-11-9-24(10-12-25)22-28(15-13-26(32)29-28)16-14-27(33)31-20-18-30(19-21-31)17-5-8-23-6-3-2-4-7-23/h2-12H,13-22H2,1H3,(H,29,32)/b8-5+/t28-/m1/s1. The molecule has 2 saturated heterocycles. The normalized spacial score (nSPS) is 21.2. The van der Waals surface area contributed by atoms with Crippen LogP contribution in [0.15, 0.2) is 65.6 Å². The molecule has 2 aromatic rings. The van der Waals surface area contributed by atoms with Gasteiger partial charge in [-0.15, -0.1) is 11.8 Å². The Bertz CT molecular complexity index is 984. The van der Waals surface area contributed by atoms with Gasteiger partial charge in [0.1, 0.15) is 0 Å². The molecular formula is C28H35N3O2S. The molecule has 2 aliphatic rings. The van der Waals surface area contributed by atoms with Gasteiger partial charge in [-0.2, -0.15) is 0 Å². The molecule has 4 rings (SSSR count). The molecule has 2 heterocycles. The van der Waals surface area contributed by atoms with Gasteiger partial charge in [-0.1, -0.05) is 54.6 Å². The molecule has 0 spiro atoms. The quantitative estimate of drug-likeness (QED) is 0.549. The van der Waals surface area contributed by atoms with E-state index in [1.54, 1.807) is 11.8 Å². The van der Waals surface area contributed by atoms with Crippen molar-refractivity contribution in [1.29, 1.82) is 0 Å². The van der Waals surface area contributed by atoms with Gasteiger partial charge < -0.3 is 10.2 Å². The Morgan fingerprint density at radius 1 is 1.06 bits per heavy atom. The van der Waals surface area contributed by atoms with Crippen molar-refractivity contribution in [2.75, 3.05) is 39.0 Å². The molecule has 0 aromatic heterocycles. The van der Waals surface area contributed by atoms with Crippen LogP contribution in [0.1, 0.15) is 36.8 Å². The summed E-state index contributed by atoms with van der Waals surface area (Å²) in [6.07, 6.45) is 9.73. The van der Waals surface area contributed by atoms with Crippen LogP contribution in [0.3, 0.4) is 0 Å². The van der Waals surface area contributed by atoms with E-state index in [0.717, 1.165) is 45.6 Å². The third-order valence-electron chi connectivity index (χ3n) is 6.95. The molecule has 6 heteroatoms. The van der Waals surface area contributed by atoms with Crippen LogP contribution in [-0.4, -0.2) is 66.1 Å². The number of piperazine rings is 1. The largest absolute Gasteiger partial charge is 0.350 e. The fourth-order valence-electron chi connectivity index (χ4n) is 4.90. The highest BCUT2D eigenvalue weighted by Crippen LogP contribution is 2.30. The molecular weight excluding hydrogens is 442 g/mol. The number of thioether (sulfide) groups is 1. The van der Waals surface area contributed by atoms with Gasteiger partial charge in [0.25, 0.3) is 0 Å². The minimum absolute atomic E-state index is 0.102. The zero-order valence-corrected chi connectivity index (χ0v) is 20.9. The van der Waals surface area contributed by atoms with Crippen molar-refractivity contribution < 1.29 is 9.59 Å². The molecule has 0 saturated carbocycles. The highest BCUT2D eigenvalue weighted by molar-refractivity contribution is 7.98. The van der Waals surface area contributed by atoms with Crippen molar-refractivity contribution >= 4 is 29.7 Å². The molecule has 2 amide bonds. The maximum Gasteiger partial charge on any atom is 0.222 e. The van der Waals surface area contributed by atoms with Crippen LogP contribution >= 0.6 is 11.8 Å². The molecule has 34 heavy (non-hydrogen) atoms. The van der Waals surface area contributed by atoms with Gasteiger partial charge in [-0.25, -0.2) is 0 Å². The van der Waals surface area contributed by atoms with Gasteiger partial charge in [0.2, 0.25) is 11.8 Å². The second-order valence-electron chi connectivity index (χ2n) is 9.35. The predicted molar refractivity (Wildman–Crippen MR) is 140 cm³/mol. The number of nitrogens with zero attached hydrogens (tertiary/aromatic N) is 2. The molecule has 0 bridgehead atoms. The number of amides is 2. The molecule has 0 unspecified atom stereocenters. The van der Waals surface area contributed by atoms with Crippen LogP contribution in [0.4, 0.5) is 0 Å². The van der Waals surface area contributed by atoms with Crippen molar-refractivity contribution in [3.05, 3.63) is 71.8 Å². The Balaban J connectivity index is 1.25. The number of hydrogen-bond acceptors (Lipinski definition) is 4. The lowest BCUT2D eigenvalue weighted by atomic mass is 9.85. The first kappa shape index (κ1) is 24.6. The van der Waals surface area contributed by atoms with Gasteiger partial charge in [-0.05, 0) is 48.8 Å². The fourth-order valence-corrected chi connectivity index (χ4v) is 5.31. The summed E-state index contributed by atoms with van der Waals surface area (Å²) in [5.74, 6) is 0.308. The first-order valence-electron chi connectivity index (χ1n) is 12.2. The van der Waals surface area contributed by atoms with E-state index >= 15 is 0 Å². The molecule has 2 fully saturated rings. The highest BCUT2D eigenvalue weighted by atomic mass is 32.2. The zero-order chi connectivity index (χ0) is 23.8. The topological polar surface area (TPSA) is 52.7 Å². The molecule has 2 aromatic carbocycles. The third kappa shape index (κ3) is 6.73. The summed E-state index contributed by atoms with van der Waals surface area (Å²) >= 11 is 1.73. The summed E-state index contributed by atoms with van der Waals surface area (Å²) < 4.78 is 0. The van der Waals surface area contributed by atoms with Gasteiger partial charge in [0, 0.05) is 56.0 Å². The van der Waals surface area contributed by atoms with E-state index in [2.05, 4.69) is 65.0 Å². The van der Waals surface area contributed by atoms with Gasteiger partial charge in [0.05, 0.1) is 0 Å². The maximum atomic E-state index is 13.0. The molecule has 5 nitrogen and oxygen atoms in total. The van der Waals surface area contributed by atoms with Crippen molar-refractivity contribution in [3.8, 4) is 0 Å². The summed E-state index contributed by atoms with van der Waals surface area (Å²) in [6, 6.07) is 18.9. The number of hydrogen-bond donors (Lipinski definition) is 1. The van der Waals surface area contributed by atoms with E-state index in [-0.39, 0.29) is 17.4 Å². The number of rotatable bonds is 9. The Kier molecular flexibility index (Phi) is 8.46. The number of nitrogens with one attached hydrogen (secondary N) is 1. The second-order valence-corrected chi connectivity index (χ2v) is 10.2. The third-order valence-corrected chi connectivity index (χ3v) is 7.70. The smallest absolute Gasteiger partial charge is 0.222 e. The van der Waals surface area contributed by atoms with Crippen LogP contribution in [0.25, 0.3) is 6.08 Å². The van der Waals surface area contributed by atoms with Gasteiger partial charge in [0.15, 0.2) is 0 Å². The van der Waals surface area contributed by atoms with Crippen LogP contribution in [0, 0.1) is 0 Å². The number of carbonyl (C=O) groups is 2. The zero-order valence-electron chi connectivity index (χ0n) is 20.0. The van der Waals surface area contributed by atoms with E-state index in [4.69, 9.17) is 0 Å². The Labute approximate surface area is 207 Å². The molecule has 1 N–H and O–H groups in total. The van der Waals surface area contributed by atoms with Crippen molar-refractivity contribution in [2.24, 2.45) is 0 Å². The van der Waals surface area contributed by atoms with Crippen molar-refractivity contribution in [2.45, 2.75) is 42.5 Å². The molecule has 180 valence electrons. The summed E-state index contributed by atoms with van der Waals surface area (Å²) in [5, 5.41) is 3.22. The van der Waals surface area contributed by atoms with Gasteiger partial charge in [-0.3, -0.25) is 14.5 Å². The number of carbonyl (C=O) groups excluding carboxylic acids is 2. The average Bonchev–Trinajstić information content (AvgIpc) is 3.24. The lowest BCUT2D eigenvalue weighted by Gasteiger charge is -2.35. The Morgan fingerprint density at radius 2 is 1.79 bits per heavy atom. The van der Waals surface area contributed by atoms with Gasteiger partial charge >= 0.3 is 0 Å². The number of benzene rings is 2. The maximum absolute atomic E-state index is 13.0. The molecule has 2 aliphatic heterocycles. The monoisotopic (exact) mass is 477 g/mol. The molecule has 0 aliphatic carbocycles. The van der Waals surface area contributed by atoms with Crippen LogP contribution in [0.5, 0.6) is 0 Å². The first-order valence-corrected chi connectivity index (χ1v) is 13.4. The molecule has 0 radical (unpaired) electrons. The van der Waals surface area contributed by atoms with Crippen LogP contribution in [-0.2, 0) is 16.0 Å². The molecule has 1 atom stereocenters. The van der Waals surface area contributed by atoms with Crippen molar-refractivity contribution in [1.82, 2.24) is 15.1 Å². The minimum atomic E-state index is -0.308. The van der Waals surface area contributed by atoms with Crippen molar-refractivity contribution in [3.63, 3.8) is 0 Å². The fraction of sp³-hybridized carbons (Fsp3) is 0.429. The van der Waals surface area contributed by atoms with Crippen LogP contribution in [0.2, 0.25) is 0 Å². The van der Waals surface area contributed by atoms with E-state index < -0.39 is 0 Å². The van der Waals surface area contributed by atoms with E-state index in [0.29, 0.717) is 19.3 Å². The summed E-state index contributed by atoms with van der Waals surface area (Å²) in [6.45, 7) is 4.24. The summed E-state index contributed by atoms with van der Waals surface area (Å²) in [7, 11) is 0. The lowest BCUT2D eigenvalue weighted by molar-refractivity contribution is -0.133. The van der Waals surface area contributed by atoms with E-state index in [1.807, 2.05) is 23.1 Å². The SMILES string of the molecule is CSc1ccc(C[C@]2(CCC(=O)N3CCN(C/C=C/c4ccccc4)CC3)CCC(=O)N2)cc1. The lowest BCUT2D eigenvalue weighted by Crippen LogP contribution is -2.49. The predicted octanol–water partition coefficient (Wildman–Crippen LogP) is 4.24. The second kappa shape index (κ2) is 11.7. The Morgan fingerprint density at radius 3 is 2.44 bits per heavy atom. The summed E-state index contributed by atoms with van der Waals surface area (Å²) in [4.78, 5) is 30.7. The van der Waals surface area contributed by atoms with Crippen LogP contribution < -0.4 is 5.32 Å². The minimum Gasteiger partial charge on any atom is -0.350 e. The highest BCUT2D eigenvalue weighted by Gasteiger charge is 2.38. The first-order chi connectivity index (χ1) is 16.5. The summed E-state index contributed by atoms with van der Waals surface area (Å²) in [5.41, 5.74) is 2.12. The Hall–Kier alpha value is -2.57. The van der Waals surface area contributed by atoms with E-state index in [1.165, 1.54) is 16.0 Å². The van der Waals surface area contributed by atoms with E-state index in [9.17, 15) is 9.59 Å².